The fourth-order valence-corrected chi connectivity index (χ4v) is 1.36. The molecule has 1 saturated heterocycles. The Morgan fingerprint density at radius 2 is 1.55 bits per heavy atom. The number of nitrogens with zero attached hydrogens (tertiary/aromatic N) is 1. The molecule has 0 bridgehead atoms. The normalized spacial score (nSPS) is 14.6. The van der Waals surface area contributed by atoms with Gasteiger partial charge in [-0.25, -0.2) is 0 Å². The van der Waals surface area contributed by atoms with Crippen molar-refractivity contribution in [3.63, 3.8) is 0 Å². The molecular formula is C18H42N2O2. The highest BCUT2D eigenvalue weighted by Gasteiger charge is 2.24. The van der Waals surface area contributed by atoms with Gasteiger partial charge in [0.1, 0.15) is 6.29 Å². The number of aldehydes is 1. The van der Waals surface area contributed by atoms with E-state index in [-0.39, 0.29) is 18.5 Å². The minimum atomic E-state index is -0.0602. The molecule has 0 saturated carbocycles. The van der Waals surface area contributed by atoms with Crippen LogP contribution in [-0.2, 0) is 9.59 Å². The second-order valence-electron chi connectivity index (χ2n) is 4.77. The highest BCUT2D eigenvalue weighted by molar-refractivity contribution is 5.83. The number of hydrogen-bond donors (Lipinski definition) is 1. The summed E-state index contributed by atoms with van der Waals surface area (Å²) in [4.78, 5) is 23.0. The van der Waals surface area contributed by atoms with E-state index in [9.17, 15) is 9.59 Å². The predicted octanol–water partition coefficient (Wildman–Crippen LogP) is 4.14. The van der Waals surface area contributed by atoms with Crippen LogP contribution in [0.5, 0.6) is 0 Å². The van der Waals surface area contributed by atoms with E-state index in [0.29, 0.717) is 0 Å². The monoisotopic (exact) mass is 318 g/mol. The zero-order chi connectivity index (χ0) is 18.6. The molecule has 1 aliphatic heterocycles. The van der Waals surface area contributed by atoms with Gasteiger partial charge in [-0.05, 0) is 25.3 Å². The van der Waals surface area contributed by atoms with E-state index >= 15 is 0 Å². The fourth-order valence-electron chi connectivity index (χ4n) is 1.36. The van der Waals surface area contributed by atoms with Crippen molar-refractivity contribution in [2.75, 3.05) is 20.1 Å². The molecule has 1 fully saturated rings. The lowest BCUT2D eigenvalue weighted by molar-refractivity contribution is -0.133. The van der Waals surface area contributed by atoms with Crippen molar-refractivity contribution in [3.05, 3.63) is 0 Å². The van der Waals surface area contributed by atoms with Gasteiger partial charge >= 0.3 is 0 Å². The van der Waals surface area contributed by atoms with Gasteiger partial charge < -0.3 is 15.0 Å². The van der Waals surface area contributed by atoms with E-state index in [1.165, 1.54) is 4.90 Å². The standard InChI is InChI=1S/C8H14N2O2.C4H10.3C2H6/c1-10(5-6-11)8(12)7-3-2-4-9-7;1-4(2)3;3*1-2/h6-7,9H,2-5H2,1H3;4H,1-3H3;3*1-2H3. The van der Waals surface area contributed by atoms with Crippen molar-refractivity contribution in [2.24, 2.45) is 5.92 Å². The first-order valence-corrected chi connectivity index (χ1v) is 8.91. The zero-order valence-electron chi connectivity index (χ0n) is 16.8. The molecule has 4 nitrogen and oxygen atoms in total. The second kappa shape index (κ2) is 25.1. The summed E-state index contributed by atoms with van der Waals surface area (Å²) in [5, 5.41) is 3.09. The smallest absolute Gasteiger partial charge is 0.239 e. The molecule has 1 N–H and O–H groups in total. The van der Waals surface area contributed by atoms with Crippen molar-refractivity contribution in [3.8, 4) is 0 Å². The molecule has 1 unspecified atom stereocenters. The first-order valence-electron chi connectivity index (χ1n) is 8.91. The summed E-state index contributed by atoms with van der Waals surface area (Å²) < 4.78 is 0. The Labute approximate surface area is 140 Å². The van der Waals surface area contributed by atoms with Crippen LogP contribution in [0.1, 0.15) is 75.2 Å². The largest absolute Gasteiger partial charge is 0.337 e. The Balaban J connectivity index is -0.000000136. The molecule has 0 spiro atoms. The molecular weight excluding hydrogens is 276 g/mol. The summed E-state index contributed by atoms with van der Waals surface area (Å²) in [6, 6.07) is -0.0602. The van der Waals surface area contributed by atoms with Crippen LogP contribution in [0.4, 0.5) is 0 Å². The van der Waals surface area contributed by atoms with E-state index in [1.54, 1.807) is 7.05 Å². The first-order chi connectivity index (χ1) is 10.5. The molecule has 0 aromatic heterocycles. The van der Waals surface area contributed by atoms with Crippen LogP contribution in [0.2, 0.25) is 0 Å². The molecule has 136 valence electrons. The molecule has 22 heavy (non-hydrogen) atoms. The van der Waals surface area contributed by atoms with Crippen LogP contribution in [0.3, 0.4) is 0 Å². The molecule has 4 heteroatoms. The third-order valence-corrected chi connectivity index (χ3v) is 2.08. The second-order valence-corrected chi connectivity index (χ2v) is 4.77. The van der Waals surface area contributed by atoms with Crippen molar-refractivity contribution in [2.45, 2.75) is 81.2 Å². The number of likely N-dealkylation sites (N-methyl/N-ethyl adjacent to an activating group) is 1. The number of amides is 1. The maximum absolute atomic E-state index is 11.4. The van der Waals surface area contributed by atoms with Gasteiger partial charge in [0.05, 0.1) is 12.6 Å². The molecule has 0 radical (unpaired) electrons. The number of nitrogens with one attached hydrogen (secondary N) is 1. The van der Waals surface area contributed by atoms with Gasteiger partial charge in [0, 0.05) is 7.05 Å². The summed E-state index contributed by atoms with van der Waals surface area (Å²) in [5.41, 5.74) is 0. The number of rotatable bonds is 3. The van der Waals surface area contributed by atoms with E-state index in [2.05, 4.69) is 26.1 Å². The Morgan fingerprint density at radius 1 is 1.14 bits per heavy atom. The van der Waals surface area contributed by atoms with Gasteiger partial charge in [0.2, 0.25) is 5.91 Å². The summed E-state index contributed by atoms with van der Waals surface area (Å²) in [6.45, 7) is 19.6. The minimum Gasteiger partial charge on any atom is -0.337 e. The van der Waals surface area contributed by atoms with Crippen molar-refractivity contribution < 1.29 is 9.59 Å². The number of carbonyl (C=O) groups excluding carboxylic acids is 2. The lowest BCUT2D eigenvalue weighted by Crippen LogP contribution is -2.42. The van der Waals surface area contributed by atoms with Gasteiger partial charge in [-0.1, -0.05) is 62.3 Å². The Hall–Kier alpha value is -0.900. The van der Waals surface area contributed by atoms with Crippen LogP contribution in [0.25, 0.3) is 0 Å². The Bertz CT molecular complexity index is 210. The Morgan fingerprint density at radius 3 is 1.82 bits per heavy atom. The Kier molecular flexibility index (Phi) is 33.2. The molecule has 1 amide bonds. The third-order valence-electron chi connectivity index (χ3n) is 2.08. The number of hydrogen-bond acceptors (Lipinski definition) is 3. The van der Waals surface area contributed by atoms with Gasteiger partial charge in [-0.2, -0.15) is 0 Å². The molecule has 0 aliphatic carbocycles. The van der Waals surface area contributed by atoms with E-state index in [0.717, 1.165) is 31.6 Å². The van der Waals surface area contributed by atoms with Gasteiger partial charge in [-0.15, -0.1) is 0 Å². The fraction of sp³-hybridized carbons (Fsp3) is 0.889. The highest BCUT2D eigenvalue weighted by atomic mass is 16.2. The predicted molar refractivity (Wildman–Crippen MR) is 99.3 cm³/mol. The average Bonchev–Trinajstić information content (AvgIpc) is 3.06. The maximum Gasteiger partial charge on any atom is 0.239 e. The summed E-state index contributed by atoms with van der Waals surface area (Å²) in [5.74, 6) is 0.861. The molecule has 0 aromatic carbocycles. The van der Waals surface area contributed by atoms with Crippen LogP contribution < -0.4 is 5.32 Å². The molecule has 0 aromatic rings. The highest BCUT2D eigenvalue weighted by Crippen LogP contribution is 2.06. The topological polar surface area (TPSA) is 49.4 Å². The molecule has 1 aliphatic rings. The SMILES string of the molecule is CC.CC.CC.CC(C)C.CN(CC=O)C(=O)C1CCCN1. The van der Waals surface area contributed by atoms with Crippen molar-refractivity contribution >= 4 is 12.2 Å². The van der Waals surface area contributed by atoms with Gasteiger partial charge in [0.25, 0.3) is 0 Å². The van der Waals surface area contributed by atoms with Crippen LogP contribution in [0.15, 0.2) is 0 Å². The van der Waals surface area contributed by atoms with E-state index in [1.807, 2.05) is 41.5 Å². The number of carbonyl (C=O) groups is 2. The minimum absolute atomic E-state index is 0.0274. The van der Waals surface area contributed by atoms with Crippen LogP contribution >= 0.6 is 0 Å². The van der Waals surface area contributed by atoms with E-state index in [4.69, 9.17) is 0 Å². The third kappa shape index (κ3) is 21.4. The van der Waals surface area contributed by atoms with Crippen molar-refractivity contribution in [1.82, 2.24) is 10.2 Å². The molecule has 1 heterocycles. The van der Waals surface area contributed by atoms with Gasteiger partial charge in [-0.3, -0.25) is 4.79 Å². The lowest BCUT2D eigenvalue weighted by Gasteiger charge is -2.18. The lowest BCUT2D eigenvalue weighted by atomic mass is 10.2. The average molecular weight is 319 g/mol. The zero-order valence-corrected chi connectivity index (χ0v) is 16.8. The summed E-state index contributed by atoms with van der Waals surface area (Å²) in [7, 11) is 1.65. The molecule has 1 atom stereocenters. The maximum atomic E-state index is 11.4. The van der Waals surface area contributed by atoms with Crippen molar-refractivity contribution in [1.29, 1.82) is 0 Å². The van der Waals surface area contributed by atoms with E-state index < -0.39 is 0 Å². The summed E-state index contributed by atoms with van der Waals surface area (Å²) in [6.07, 6.45) is 2.68. The molecule has 1 rings (SSSR count). The summed E-state index contributed by atoms with van der Waals surface area (Å²) >= 11 is 0. The van der Waals surface area contributed by atoms with Crippen LogP contribution in [0, 0.1) is 5.92 Å². The van der Waals surface area contributed by atoms with Crippen LogP contribution in [-0.4, -0.2) is 43.3 Å². The quantitative estimate of drug-likeness (QED) is 0.796. The van der Waals surface area contributed by atoms with Gasteiger partial charge in [0.15, 0.2) is 0 Å². The first kappa shape index (κ1) is 29.2.